The van der Waals surface area contributed by atoms with E-state index in [-0.39, 0.29) is 5.56 Å². The van der Waals surface area contributed by atoms with Gasteiger partial charge in [-0.05, 0) is 53.7 Å². The zero-order chi connectivity index (χ0) is 28.2. The minimum Gasteiger partial charge on any atom is -0.200 e. The number of fused-ring (bicyclic) bond motifs is 3. The molecule has 0 saturated heterocycles. The summed E-state index contributed by atoms with van der Waals surface area (Å²) in [6.45, 7) is -0.601. The maximum atomic E-state index is 14.7. The predicted molar refractivity (Wildman–Crippen MR) is 151 cm³/mol. The molecule has 4 heteroatoms. The van der Waals surface area contributed by atoms with Crippen molar-refractivity contribution in [1.82, 2.24) is 0 Å². The van der Waals surface area contributed by atoms with Gasteiger partial charge in [0.15, 0.2) is 5.82 Å². The molecule has 0 saturated carbocycles. The van der Waals surface area contributed by atoms with Gasteiger partial charge < -0.3 is 0 Å². The van der Waals surface area contributed by atoms with Crippen molar-refractivity contribution in [2.45, 2.75) is 13.8 Å². The van der Waals surface area contributed by atoms with E-state index in [4.69, 9.17) is 4.11 Å². The minimum absolute atomic E-state index is 0.303. The van der Waals surface area contributed by atoms with Gasteiger partial charge in [-0.25, -0.2) is 4.39 Å². The van der Waals surface area contributed by atoms with Gasteiger partial charge in [-0.15, -0.1) is 11.3 Å². The van der Waals surface area contributed by atoms with Crippen molar-refractivity contribution >= 4 is 31.5 Å². The Balaban J connectivity index is 1.65. The average Bonchev–Trinajstić information content (AvgIpc) is 3.31. The monoisotopic (exact) mass is 502 g/mol. The molecule has 0 aliphatic carbocycles. The van der Waals surface area contributed by atoms with Crippen LogP contribution in [0.4, 0.5) is 4.39 Å². The van der Waals surface area contributed by atoms with Crippen molar-refractivity contribution in [1.29, 1.82) is 5.26 Å². The first-order valence-corrected chi connectivity index (χ1v) is 12.7. The number of rotatable bonds is 3. The predicted octanol–water partition coefficient (Wildman–Crippen LogP) is 8.51. The summed E-state index contributed by atoms with van der Waals surface area (Å²) >= 11 is 1.58. The zero-order valence-corrected chi connectivity index (χ0v) is 21.2. The van der Waals surface area contributed by atoms with Crippen LogP contribution >= 0.6 is 11.3 Å². The number of aryl methyl sites for hydroxylation is 3. The molecule has 0 atom stereocenters. The molecule has 0 spiro atoms. The van der Waals surface area contributed by atoms with Crippen molar-refractivity contribution in [3.05, 3.63) is 114 Å². The summed E-state index contributed by atoms with van der Waals surface area (Å²) < 4.78 is 41.8. The zero-order valence-electron chi connectivity index (χ0n) is 23.3. The molecule has 6 aromatic rings. The second-order valence-corrected chi connectivity index (χ2v) is 10.2. The van der Waals surface area contributed by atoms with Crippen LogP contribution in [0.5, 0.6) is 0 Å². The van der Waals surface area contributed by atoms with Gasteiger partial charge in [-0.1, -0.05) is 66.7 Å². The number of nitrogens with zero attached hydrogens (tertiary/aromatic N) is 2. The maximum absolute atomic E-state index is 14.7. The Kier molecular flexibility index (Phi) is 4.80. The van der Waals surface area contributed by atoms with Gasteiger partial charge in [0, 0.05) is 35.9 Å². The molecule has 0 bridgehead atoms. The molecule has 0 fully saturated rings. The van der Waals surface area contributed by atoms with Gasteiger partial charge in [0.05, 0.1) is 17.2 Å². The molecule has 2 heterocycles. The highest BCUT2D eigenvalue weighted by atomic mass is 32.1. The summed E-state index contributed by atoms with van der Waals surface area (Å²) in [5.41, 5.74) is 6.68. The molecule has 0 aliphatic rings. The van der Waals surface area contributed by atoms with Gasteiger partial charge in [-0.3, -0.25) is 0 Å². The van der Waals surface area contributed by atoms with Crippen LogP contribution in [0.3, 0.4) is 0 Å². The average molecular weight is 503 g/mol. The number of hydrogen-bond acceptors (Lipinski definition) is 2. The third-order valence-electron chi connectivity index (χ3n) is 6.88. The second-order valence-electron chi connectivity index (χ2n) is 9.19. The van der Waals surface area contributed by atoms with E-state index in [1.807, 2.05) is 55.5 Å². The largest absolute Gasteiger partial charge is 0.214 e. The SMILES string of the molecule is [2H]C([2H])([2H])c1cc(-c2c(C)ccc3c2sc2c(-c4cccc(-c5ccccc5)c4)c(C#N)ccc23)[n+](C)cc1F. The molecule has 0 amide bonds. The Labute approximate surface area is 223 Å². The van der Waals surface area contributed by atoms with E-state index in [1.54, 1.807) is 23.0 Å². The van der Waals surface area contributed by atoms with Gasteiger partial charge in [0.25, 0.3) is 0 Å². The number of benzene rings is 4. The Hall–Kier alpha value is -4.33. The molecule has 0 N–H and O–H groups in total. The first kappa shape index (κ1) is 19.8. The number of nitriles is 1. The van der Waals surface area contributed by atoms with Crippen LogP contribution in [0.15, 0.2) is 91.1 Å². The summed E-state index contributed by atoms with van der Waals surface area (Å²) in [5.74, 6) is -0.758. The molecular formula is C33H24FN2S+. The highest BCUT2D eigenvalue weighted by Gasteiger charge is 2.23. The standard InChI is InChI=1S/C33H24FN2S/c1-20-12-14-26-27-15-13-25(18-35)31(24-11-7-10-23(17-24)22-8-5-4-6-9-22)33(27)37-32(26)30(20)29-16-21(2)28(34)19-36(29)3/h4-17,19H,1-3H3/q+1/i2D3. The van der Waals surface area contributed by atoms with Crippen LogP contribution < -0.4 is 4.57 Å². The summed E-state index contributed by atoms with van der Waals surface area (Å²) in [6.07, 6.45) is 1.23. The van der Waals surface area contributed by atoms with Crippen molar-refractivity contribution in [3.8, 4) is 39.6 Å². The molecule has 37 heavy (non-hydrogen) atoms. The lowest BCUT2D eigenvalue weighted by Crippen LogP contribution is -2.31. The lowest BCUT2D eigenvalue weighted by Gasteiger charge is -2.09. The third kappa shape index (κ3) is 3.80. The van der Waals surface area contributed by atoms with Crippen LogP contribution in [0.1, 0.15) is 20.8 Å². The van der Waals surface area contributed by atoms with Crippen LogP contribution in [0.2, 0.25) is 0 Å². The normalized spacial score (nSPS) is 12.8. The quantitative estimate of drug-likeness (QED) is 0.223. The van der Waals surface area contributed by atoms with Crippen LogP contribution in [0, 0.1) is 30.9 Å². The molecule has 4 aromatic carbocycles. The van der Waals surface area contributed by atoms with E-state index in [0.29, 0.717) is 11.3 Å². The Morgan fingerprint density at radius 1 is 0.811 bits per heavy atom. The number of halogens is 1. The highest BCUT2D eigenvalue weighted by molar-refractivity contribution is 7.27. The van der Waals surface area contributed by atoms with Gasteiger partial charge in [0.2, 0.25) is 11.9 Å². The second kappa shape index (κ2) is 8.96. The third-order valence-corrected chi connectivity index (χ3v) is 8.13. The molecule has 6 rings (SSSR count). The van der Waals surface area contributed by atoms with Gasteiger partial charge >= 0.3 is 0 Å². The summed E-state index contributed by atoms with van der Waals surface area (Å²) in [4.78, 5) is 0. The fourth-order valence-corrected chi connectivity index (χ4v) is 6.53. The van der Waals surface area contributed by atoms with Gasteiger partial charge in [-0.2, -0.15) is 9.83 Å². The number of aromatic nitrogens is 1. The Morgan fingerprint density at radius 3 is 2.27 bits per heavy atom. The van der Waals surface area contributed by atoms with Gasteiger partial charge in [0.1, 0.15) is 7.05 Å². The number of thiophene rings is 1. The summed E-state index contributed by atoms with van der Waals surface area (Å²) in [7, 11) is 1.72. The van der Waals surface area contributed by atoms with Crippen molar-refractivity contribution < 1.29 is 13.1 Å². The lowest BCUT2D eigenvalue weighted by molar-refractivity contribution is -0.661. The first-order valence-electron chi connectivity index (χ1n) is 13.4. The van der Waals surface area contributed by atoms with Crippen LogP contribution in [-0.4, -0.2) is 0 Å². The molecular weight excluding hydrogens is 475 g/mol. The minimum atomic E-state index is -2.58. The number of pyridine rings is 1. The highest BCUT2D eigenvalue weighted by Crippen LogP contribution is 2.46. The van der Waals surface area contributed by atoms with Crippen molar-refractivity contribution in [2.75, 3.05) is 0 Å². The maximum Gasteiger partial charge on any atom is 0.214 e. The summed E-state index contributed by atoms with van der Waals surface area (Å²) in [5, 5.41) is 12.1. The first-order chi connectivity index (χ1) is 19.2. The Morgan fingerprint density at radius 2 is 1.51 bits per heavy atom. The lowest BCUT2D eigenvalue weighted by atomic mass is 9.94. The molecule has 0 radical (unpaired) electrons. The topological polar surface area (TPSA) is 27.7 Å². The molecule has 0 unspecified atom stereocenters. The van der Waals surface area contributed by atoms with Crippen LogP contribution in [0.25, 0.3) is 53.7 Å². The van der Waals surface area contributed by atoms with E-state index >= 15 is 0 Å². The fraction of sp³-hybridized carbons (Fsp3) is 0.0909. The van der Waals surface area contributed by atoms with E-state index in [1.165, 1.54) is 12.3 Å². The van der Waals surface area contributed by atoms with Crippen molar-refractivity contribution in [3.63, 3.8) is 0 Å². The van der Waals surface area contributed by atoms with E-state index < -0.39 is 12.7 Å². The molecule has 178 valence electrons. The van der Waals surface area contributed by atoms with E-state index in [9.17, 15) is 9.65 Å². The number of hydrogen-bond donors (Lipinski definition) is 0. The van der Waals surface area contributed by atoms with E-state index in [2.05, 4.69) is 36.4 Å². The molecule has 2 nitrogen and oxygen atoms in total. The fourth-order valence-electron chi connectivity index (χ4n) is 5.05. The molecule has 0 aliphatic heterocycles. The van der Waals surface area contributed by atoms with Crippen molar-refractivity contribution in [2.24, 2.45) is 7.05 Å². The summed E-state index contributed by atoms with van der Waals surface area (Å²) in [6, 6.07) is 30.1. The molecule has 2 aromatic heterocycles. The smallest absolute Gasteiger partial charge is 0.200 e. The van der Waals surface area contributed by atoms with E-state index in [0.717, 1.165) is 53.6 Å². The van der Waals surface area contributed by atoms with Crippen LogP contribution in [-0.2, 0) is 7.05 Å². The Bertz CT molecular complexity index is 1990.